The van der Waals surface area contributed by atoms with Crippen molar-refractivity contribution in [3.8, 4) is 0 Å². The van der Waals surface area contributed by atoms with E-state index < -0.39 is 0 Å². The molecule has 2 aromatic rings. The molecule has 0 radical (unpaired) electrons. The zero-order chi connectivity index (χ0) is 14.5. The lowest BCUT2D eigenvalue weighted by Gasteiger charge is -2.19. The van der Waals surface area contributed by atoms with Crippen molar-refractivity contribution in [3.63, 3.8) is 0 Å². The molecule has 0 aliphatic carbocycles. The third kappa shape index (κ3) is 3.02. The number of benzene rings is 1. The number of anilines is 2. The van der Waals surface area contributed by atoms with E-state index >= 15 is 0 Å². The quantitative estimate of drug-likeness (QED) is 0.863. The van der Waals surface area contributed by atoms with Gasteiger partial charge in [0.2, 0.25) is 0 Å². The Balaban J connectivity index is 2.38. The molecule has 1 atom stereocenters. The maximum Gasteiger partial charge on any atom is 0.190 e. The van der Waals surface area contributed by atoms with Crippen LogP contribution in [-0.4, -0.2) is 11.5 Å². The maximum absolute atomic E-state index is 5.89. The van der Waals surface area contributed by atoms with Gasteiger partial charge in [-0.3, -0.25) is 0 Å². The van der Waals surface area contributed by atoms with Crippen LogP contribution in [0.4, 0.5) is 10.8 Å². The van der Waals surface area contributed by atoms with Crippen LogP contribution >= 0.6 is 11.3 Å². The van der Waals surface area contributed by atoms with Crippen molar-refractivity contribution in [2.24, 2.45) is 5.73 Å². The molecule has 1 aromatic heterocycles. The summed E-state index contributed by atoms with van der Waals surface area (Å²) in [6.45, 7) is 8.04. The fourth-order valence-electron chi connectivity index (χ4n) is 2.23. The Labute approximate surface area is 125 Å². The molecule has 2 N–H and O–H groups in total. The normalized spacial score (nSPS) is 12.4. The van der Waals surface area contributed by atoms with Crippen LogP contribution in [0, 0.1) is 0 Å². The minimum Gasteiger partial charge on any atom is -0.326 e. The minimum atomic E-state index is 0.466. The molecule has 0 aliphatic heterocycles. The third-order valence-corrected chi connectivity index (χ3v) is 4.71. The monoisotopic (exact) mass is 289 g/mol. The highest BCUT2D eigenvalue weighted by molar-refractivity contribution is 7.15. The number of hydrogen-bond donors (Lipinski definition) is 1. The Morgan fingerprint density at radius 3 is 2.50 bits per heavy atom. The van der Waals surface area contributed by atoms with Gasteiger partial charge < -0.3 is 10.6 Å². The number of thiazole rings is 1. The fraction of sp³-hybridized carbons (Fsp3) is 0.438. The number of aromatic nitrogens is 1. The van der Waals surface area contributed by atoms with Gasteiger partial charge in [-0.2, -0.15) is 0 Å². The first-order valence-electron chi connectivity index (χ1n) is 7.23. The molecule has 0 spiro atoms. The summed E-state index contributed by atoms with van der Waals surface area (Å²) in [6.07, 6.45) is 1.09. The molecule has 0 saturated carbocycles. The van der Waals surface area contributed by atoms with Crippen LogP contribution in [0.3, 0.4) is 0 Å². The molecule has 20 heavy (non-hydrogen) atoms. The highest BCUT2D eigenvalue weighted by atomic mass is 32.1. The molecule has 0 saturated heterocycles. The molecule has 0 amide bonds. The summed E-state index contributed by atoms with van der Waals surface area (Å²) in [5.74, 6) is 0.466. The highest BCUT2D eigenvalue weighted by Gasteiger charge is 2.18. The van der Waals surface area contributed by atoms with E-state index in [2.05, 4.69) is 49.9 Å². The van der Waals surface area contributed by atoms with Gasteiger partial charge in [0.05, 0.1) is 5.69 Å². The second-order valence-corrected chi connectivity index (χ2v) is 5.96. The van der Waals surface area contributed by atoms with Gasteiger partial charge in [0, 0.05) is 23.7 Å². The number of nitrogens with two attached hydrogens (primary N) is 1. The second-order valence-electron chi connectivity index (χ2n) is 4.90. The van der Waals surface area contributed by atoms with Crippen molar-refractivity contribution in [2.45, 2.75) is 39.7 Å². The van der Waals surface area contributed by atoms with Gasteiger partial charge in [0.1, 0.15) is 0 Å². The van der Waals surface area contributed by atoms with Gasteiger partial charge in [0.15, 0.2) is 5.13 Å². The second kappa shape index (κ2) is 6.86. The fourth-order valence-corrected chi connectivity index (χ4v) is 3.37. The third-order valence-electron chi connectivity index (χ3n) is 3.60. The molecule has 1 aromatic carbocycles. The Bertz CT molecular complexity index is 536. The van der Waals surface area contributed by atoms with Crippen molar-refractivity contribution in [1.29, 1.82) is 0 Å². The molecule has 108 valence electrons. The zero-order valence-corrected chi connectivity index (χ0v) is 13.3. The number of para-hydroxylation sites is 1. The van der Waals surface area contributed by atoms with Gasteiger partial charge in [-0.05, 0) is 31.4 Å². The molecule has 4 heteroatoms. The van der Waals surface area contributed by atoms with E-state index in [1.165, 1.54) is 16.3 Å². The number of rotatable bonds is 6. The Kier molecular flexibility index (Phi) is 5.15. The van der Waals surface area contributed by atoms with Gasteiger partial charge in [-0.1, -0.05) is 43.4 Å². The van der Waals surface area contributed by atoms with E-state index in [1.54, 1.807) is 11.3 Å². The van der Waals surface area contributed by atoms with Crippen LogP contribution in [0.5, 0.6) is 0 Å². The van der Waals surface area contributed by atoms with E-state index in [-0.39, 0.29) is 0 Å². The number of hydrogen-bond acceptors (Lipinski definition) is 4. The van der Waals surface area contributed by atoms with E-state index in [0.29, 0.717) is 12.5 Å². The van der Waals surface area contributed by atoms with E-state index in [1.807, 2.05) is 6.07 Å². The highest BCUT2D eigenvalue weighted by Crippen LogP contribution is 2.35. The zero-order valence-electron chi connectivity index (χ0n) is 12.5. The molecule has 0 aliphatic rings. The van der Waals surface area contributed by atoms with E-state index in [0.717, 1.165) is 18.1 Å². The average molecular weight is 289 g/mol. The summed E-state index contributed by atoms with van der Waals surface area (Å²) in [6, 6.07) is 10.4. The van der Waals surface area contributed by atoms with Crippen LogP contribution in [0.25, 0.3) is 0 Å². The number of nitrogens with zero attached hydrogens (tertiary/aromatic N) is 2. The topological polar surface area (TPSA) is 42.2 Å². The van der Waals surface area contributed by atoms with Crippen LogP contribution in [-0.2, 0) is 6.54 Å². The molecule has 3 nitrogen and oxygen atoms in total. The van der Waals surface area contributed by atoms with Gasteiger partial charge >= 0.3 is 0 Å². The van der Waals surface area contributed by atoms with Gasteiger partial charge in [-0.15, -0.1) is 0 Å². The SMILES string of the molecule is CCC(C)c1nc(N(CC)c2ccccc2)sc1CN. The van der Waals surface area contributed by atoms with Crippen molar-refractivity contribution in [3.05, 3.63) is 40.9 Å². The van der Waals surface area contributed by atoms with Crippen LogP contribution in [0.15, 0.2) is 30.3 Å². The van der Waals surface area contributed by atoms with Crippen molar-refractivity contribution >= 4 is 22.2 Å². The summed E-state index contributed by atoms with van der Waals surface area (Å²) in [4.78, 5) is 8.32. The van der Waals surface area contributed by atoms with Gasteiger partial charge in [-0.25, -0.2) is 4.98 Å². The van der Waals surface area contributed by atoms with E-state index in [9.17, 15) is 0 Å². The summed E-state index contributed by atoms with van der Waals surface area (Å²) in [5.41, 5.74) is 8.24. The first kappa shape index (κ1) is 15.0. The molecule has 0 bridgehead atoms. The summed E-state index contributed by atoms with van der Waals surface area (Å²) < 4.78 is 0. The van der Waals surface area contributed by atoms with Crippen molar-refractivity contribution in [2.75, 3.05) is 11.4 Å². The summed E-state index contributed by atoms with van der Waals surface area (Å²) in [7, 11) is 0. The molecule has 1 heterocycles. The molecule has 1 unspecified atom stereocenters. The van der Waals surface area contributed by atoms with Gasteiger partial charge in [0.25, 0.3) is 0 Å². The smallest absolute Gasteiger partial charge is 0.190 e. The first-order chi connectivity index (χ1) is 9.71. The molecule has 0 fully saturated rings. The average Bonchev–Trinajstić information content (AvgIpc) is 2.92. The van der Waals surface area contributed by atoms with E-state index in [4.69, 9.17) is 10.7 Å². The van der Waals surface area contributed by atoms with Crippen LogP contribution in [0.1, 0.15) is 43.7 Å². The van der Waals surface area contributed by atoms with Crippen molar-refractivity contribution < 1.29 is 0 Å². The maximum atomic E-state index is 5.89. The van der Waals surface area contributed by atoms with Crippen LogP contribution in [0.2, 0.25) is 0 Å². The predicted molar refractivity (Wildman–Crippen MR) is 87.8 cm³/mol. The Morgan fingerprint density at radius 1 is 1.25 bits per heavy atom. The first-order valence-corrected chi connectivity index (χ1v) is 8.05. The standard InChI is InChI=1S/C16H23N3S/c1-4-12(3)15-14(11-17)20-16(18-15)19(5-2)13-9-7-6-8-10-13/h6-10,12H,4-5,11,17H2,1-3H3. The predicted octanol–water partition coefficient (Wildman–Crippen LogP) is 4.27. The molecule has 2 rings (SSSR count). The summed E-state index contributed by atoms with van der Waals surface area (Å²) in [5, 5.41) is 1.05. The van der Waals surface area contributed by atoms with Crippen molar-refractivity contribution in [1.82, 2.24) is 4.98 Å². The van der Waals surface area contributed by atoms with Crippen LogP contribution < -0.4 is 10.6 Å². The Hall–Kier alpha value is -1.39. The lowest BCUT2D eigenvalue weighted by molar-refractivity contribution is 0.703. The summed E-state index contributed by atoms with van der Waals surface area (Å²) >= 11 is 1.72. The molecular formula is C16H23N3S. The largest absolute Gasteiger partial charge is 0.326 e. The minimum absolute atomic E-state index is 0.466. The lowest BCUT2D eigenvalue weighted by atomic mass is 10.0. The molecular weight excluding hydrogens is 266 g/mol. The Morgan fingerprint density at radius 2 is 1.95 bits per heavy atom. The lowest BCUT2D eigenvalue weighted by Crippen LogP contribution is -2.15.